The summed E-state index contributed by atoms with van der Waals surface area (Å²) in [6.07, 6.45) is 1.21. The highest BCUT2D eigenvalue weighted by Gasteiger charge is 2.22. The van der Waals surface area contributed by atoms with E-state index in [1.807, 2.05) is 30.3 Å². The number of methoxy groups -OCH3 is 2. The molecule has 7 heteroatoms. The van der Waals surface area contributed by atoms with E-state index in [0.717, 1.165) is 35.5 Å². The first-order chi connectivity index (χ1) is 13.6. The van der Waals surface area contributed by atoms with Crippen molar-refractivity contribution < 1.29 is 19.1 Å². The molecule has 2 aromatic carbocycles. The smallest absolute Gasteiger partial charge is 0.238 e. The van der Waals surface area contributed by atoms with Gasteiger partial charge in [0.15, 0.2) is 11.5 Å². The number of carbonyl (C=O) groups is 2. The molecule has 146 valence electrons. The summed E-state index contributed by atoms with van der Waals surface area (Å²) in [6, 6.07) is 9.50. The molecule has 0 aromatic heterocycles. The Labute approximate surface area is 163 Å². The Hall–Kier alpha value is -3.06. The van der Waals surface area contributed by atoms with E-state index >= 15 is 0 Å². The van der Waals surface area contributed by atoms with Gasteiger partial charge in [0.05, 0.1) is 27.2 Å². The summed E-state index contributed by atoms with van der Waals surface area (Å²) in [5.74, 6) is 1.35. The molecule has 0 aliphatic carbocycles. The summed E-state index contributed by atoms with van der Waals surface area (Å²) < 4.78 is 10.8. The number of amides is 2. The summed E-state index contributed by atoms with van der Waals surface area (Å²) >= 11 is 0. The van der Waals surface area contributed by atoms with Crippen LogP contribution in [0.3, 0.4) is 0 Å². The number of anilines is 2. The van der Waals surface area contributed by atoms with Crippen LogP contribution in [0.25, 0.3) is 0 Å². The van der Waals surface area contributed by atoms with Gasteiger partial charge in [0, 0.05) is 24.5 Å². The molecule has 2 aliphatic heterocycles. The fourth-order valence-corrected chi connectivity index (χ4v) is 3.79. The van der Waals surface area contributed by atoms with Crippen molar-refractivity contribution in [2.45, 2.75) is 19.4 Å². The number of hydrogen-bond acceptors (Lipinski definition) is 5. The van der Waals surface area contributed by atoms with E-state index in [0.29, 0.717) is 30.9 Å². The second-order valence-corrected chi connectivity index (χ2v) is 7.08. The second-order valence-electron chi connectivity index (χ2n) is 7.08. The molecule has 0 unspecified atom stereocenters. The first-order valence-electron chi connectivity index (χ1n) is 9.24. The maximum absolute atomic E-state index is 12.5. The van der Waals surface area contributed by atoms with E-state index in [9.17, 15) is 9.59 Å². The van der Waals surface area contributed by atoms with Crippen molar-refractivity contribution in [2.75, 3.05) is 37.9 Å². The topological polar surface area (TPSA) is 79.9 Å². The second kappa shape index (κ2) is 7.52. The van der Waals surface area contributed by atoms with E-state index in [4.69, 9.17) is 9.47 Å². The van der Waals surface area contributed by atoms with E-state index in [2.05, 4.69) is 15.5 Å². The van der Waals surface area contributed by atoms with Gasteiger partial charge >= 0.3 is 0 Å². The summed E-state index contributed by atoms with van der Waals surface area (Å²) in [7, 11) is 3.26. The number of benzene rings is 2. The van der Waals surface area contributed by atoms with Gasteiger partial charge in [-0.15, -0.1) is 0 Å². The summed E-state index contributed by atoms with van der Waals surface area (Å²) in [5.41, 5.74) is 4.82. The van der Waals surface area contributed by atoms with Gasteiger partial charge in [-0.25, -0.2) is 0 Å². The summed E-state index contributed by atoms with van der Waals surface area (Å²) in [4.78, 5) is 26.1. The monoisotopic (exact) mass is 381 g/mol. The number of nitrogens with one attached hydrogen (secondary N) is 2. The molecule has 28 heavy (non-hydrogen) atoms. The number of hydrogen-bond donors (Lipinski definition) is 2. The molecule has 2 heterocycles. The predicted octanol–water partition coefficient (Wildman–Crippen LogP) is 2.20. The molecule has 2 N–H and O–H groups in total. The number of fused-ring (bicyclic) bond motifs is 2. The zero-order valence-electron chi connectivity index (χ0n) is 16.0. The highest BCUT2D eigenvalue weighted by Crippen LogP contribution is 2.33. The minimum absolute atomic E-state index is 0.0162. The lowest BCUT2D eigenvalue weighted by Crippen LogP contribution is -2.37. The third kappa shape index (κ3) is 3.66. The van der Waals surface area contributed by atoms with Crippen molar-refractivity contribution in [2.24, 2.45) is 0 Å². The van der Waals surface area contributed by atoms with Gasteiger partial charge in [0.1, 0.15) is 0 Å². The zero-order chi connectivity index (χ0) is 19.7. The molecule has 0 atom stereocenters. The summed E-state index contributed by atoms with van der Waals surface area (Å²) in [6.45, 7) is 1.80. The maximum atomic E-state index is 12.5. The van der Waals surface area contributed by atoms with Gasteiger partial charge in [-0.3, -0.25) is 14.5 Å². The highest BCUT2D eigenvalue weighted by molar-refractivity contribution is 6.00. The van der Waals surface area contributed by atoms with Crippen molar-refractivity contribution in [3.8, 4) is 11.5 Å². The van der Waals surface area contributed by atoms with E-state index in [-0.39, 0.29) is 11.8 Å². The molecule has 2 amide bonds. The Morgan fingerprint density at radius 1 is 1.11 bits per heavy atom. The largest absolute Gasteiger partial charge is 0.493 e. The molecule has 0 saturated carbocycles. The number of carbonyl (C=O) groups excluding carboxylic acids is 2. The quantitative estimate of drug-likeness (QED) is 0.830. The van der Waals surface area contributed by atoms with Crippen molar-refractivity contribution >= 4 is 23.2 Å². The number of nitrogens with zero attached hydrogens (tertiary/aromatic N) is 1. The zero-order valence-corrected chi connectivity index (χ0v) is 16.0. The molecule has 0 fully saturated rings. The average molecular weight is 381 g/mol. The van der Waals surface area contributed by atoms with Crippen molar-refractivity contribution in [3.05, 3.63) is 47.0 Å². The Morgan fingerprint density at radius 3 is 2.61 bits per heavy atom. The molecule has 0 saturated heterocycles. The number of ether oxygens (including phenoxy) is 2. The SMILES string of the molecule is COc1cc2c(cc1OC)CN(CC(=O)Nc1ccc3c(c1)CC(=O)N3)CC2. The molecular formula is C21H23N3O4. The lowest BCUT2D eigenvalue weighted by molar-refractivity contribution is -0.117. The van der Waals surface area contributed by atoms with Gasteiger partial charge in [-0.2, -0.15) is 0 Å². The van der Waals surface area contributed by atoms with E-state index in [1.165, 1.54) is 5.56 Å². The lowest BCUT2D eigenvalue weighted by atomic mass is 9.99. The standard InChI is InChI=1S/C21H23N3O4/c1-27-18-8-13-5-6-24(11-15(13)9-19(18)28-2)12-21(26)22-16-3-4-17-14(7-16)10-20(25)23-17/h3-4,7-9H,5-6,10-12H2,1-2H3,(H,22,26)(H,23,25). The highest BCUT2D eigenvalue weighted by atomic mass is 16.5. The van der Waals surface area contributed by atoms with Crippen LogP contribution < -0.4 is 20.1 Å². The molecule has 4 rings (SSSR count). The fraction of sp³-hybridized carbons (Fsp3) is 0.333. The van der Waals surface area contributed by atoms with Crippen LogP contribution in [0, 0.1) is 0 Å². The van der Waals surface area contributed by atoms with Crippen molar-refractivity contribution in [1.82, 2.24) is 4.90 Å². The first kappa shape index (κ1) is 18.3. The Morgan fingerprint density at radius 2 is 1.86 bits per heavy atom. The van der Waals surface area contributed by atoms with Crippen LogP contribution in [0.4, 0.5) is 11.4 Å². The Balaban J connectivity index is 1.40. The molecule has 7 nitrogen and oxygen atoms in total. The lowest BCUT2D eigenvalue weighted by Gasteiger charge is -2.29. The van der Waals surface area contributed by atoms with Crippen LogP contribution in [-0.4, -0.2) is 44.0 Å². The van der Waals surface area contributed by atoms with Crippen LogP contribution >= 0.6 is 0 Å². The minimum atomic E-state index is -0.0684. The van der Waals surface area contributed by atoms with Crippen LogP contribution in [-0.2, 0) is 29.0 Å². The van der Waals surface area contributed by atoms with Gasteiger partial charge in [0.2, 0.25) is 11.8 Å². The first-order valence-corrected chi connectivity index (χ1v) is 9.24. The van der Waals surface area contributed by atoms with E-state index < -0.39 is 0 Å². The molecule has 2 aliphatic rings. The molecule has 0 bridgehead atoms. The molecule has 2 aromatic rings. The van der Waals surface area contributed by atoms with Gasteiger partial charge in [0.25, 0.3) is 0 Å². The summed E-state index contributed by atoms with van der Waals surface area (Å²) in [5, 5.41) is 5.73. The Kier molecular flexibility index (Phi) is 4.92. The van der Waals surface area contributed by atoms with Crippen LogP contribution in [0.5, 0.6) is 11.5 Å². The number of rotatable bonds is 5. The van der Waals surface area contributed by atoms with E-state index in [1.54, 1.807) is 14.2 Å². The third-order valence-corrected chi connectivity index (χ3v) is 5.18. The third-order valence-electron chi connectivity index (χ3n) is 5.18. The van der Waals surface area contributed by atoms with Gasteiger partial charge < -0.3 is 20.1 Å². The normalized spacial score (nSPS) is 15.4. The van der Waals surface area contributed by atoms with Crippen LogP contribution in [0.2, 0.25) is 0 Å². The van der Waals surface area contributed by atoms with Crippen molar-refractivity contribution in [1.29, 1.82) is 0 Å². The van der Waals surface area contributed by atoms with Gasteiger partial charge in [-0.05, 0) is 53.4 Å². The van der Waals surface area contributed by atoms with Gasteiger partial charge in [-0.1, -0.05) is 0 Å². The molecule has 0 radical (unpaired) electrons. The Bertz CT molecular complexity index is 941. The van der Waals surface area contributed by atoms with Crippen molar-refractivity contribution in [3.63, 3.8) is 0 Å². The maximum Gasteiger partial charge on any atom is 0.238 e. The predicted molar refractivity (Wildman–Crippen MR) is 106 cm³/mol. The minimum Gasteiger partial charge on any atom is -0.493 e. The molecule has 0 spiro atoms. The molecular weight excluding hydrogens is 358 g/mol. The average Bonchev–Trinajstić information content (AvgIpc) is 3.06. The van der Waals surface area contributed by atoms with Crippen LogP contribution in [0.1, 0.15) is 16.7 Å². The fourth-order valence-electron chi connectivity index (χ4n) is 3.79. The van der Waals surface area contributed by atoms with Crippen LogP contribution in [0.15, 0.2) is 30.3 Å².